The first kappa shape index (κ1) is 17.7. The van der Waals surface area contributed by atoms with E-state index in [-0.39, 0.29) is 6.03 Å². The number of hydrogen-bond acceptors (Lipinski definition) is 2. The summed E-state index contributed by atoms with van der Waals surface area (Å²) in [4.78, 5) is 11.9. The van der Waals surface area contributed by atoms with Crippen LogP contribution in [0, 0.1) is 0 Å². The molecular formula is C16H28N2O2Si. The molecule has 1 aromatic carbocycles. The van der Waals surface area contributed by atoms with Gasteiger partial charge in [-0.15, -0.1) is 0 Å². The Hall–Kier alpha value is -1.33. The second-order valence-corrected chi connectivity index (χ2v) is 12.1. The fraction of sp³-hybridized carbons (Fsp3) is 0.562. The number of nitrogens with one attached hydrogen (secondary N) is 2. The van der Waals surface area contributed by atoms with Gasteiger partial charge < -0.3 is 15.4 Å². The van der Waals surface area contributed by atoms with E-state index in [0.717, 1.165) is 30.6 Å². The average molecular weight is 308 g/mol. The molecule has 118 valence electrons. The van der Waals surface area contributed by atoms with Gasteiger partial charge in [0.1, 0.15) is 0 Å². The SMILES string of the molecule is COCCc1ccccc1NC(=O)NCCC[Si](C)(C)C. The molecule has 0 aromatic heterocycles. The lowest BCUT2D eigenvalue weighted by molar-refractivity contribution is 0.202. The number of rotatable bonds is 8. The van der Waals surface area contributed by atoms with E-state index in [0.29, 0.717) is 6.61 Å². The smallest absolute Gasteiger partial charge is 0.319 e. The highest BCUT2D eigenvalue weighted by atomic mass is 28.3. The maximum atomic E-state index is 11.9. The predicted octanol–water partition coefficient (Wildman–Crippen LogP) is 3.73. The van der Waals surface area contributed by atoms with Gasteiger partial charge in [0.05, 0.1) is 6.61 Å². The standard InChI is InChI=1S/C16H28N2O2Si/c1-20-12-10-14-8-5-6-9-15(14)18-16(19)17-11-7-13-21(2,3)4/h5-6,8-9H,7,10-13H2,1-4H3,(H2,17,18,19). The van der Waals surface area contributed by atoms with Crippen molar-refractivity contribution in [1.82, 2.24) is 5.32 Å². The first-order valence-corrected chi connectivity index (χ1v) is 11.2. The molecule has 0 atom stereocenters. The Bertz CT molecular complexity index is 444. The third-order valence-electron chi connectivity index (χ3n) is 3.23. The van der Waals surface area contributed by atoms with Crippen LogP contribution in [-0.2, 0) is 11.2 Å². The fourth-order valence-corrected chi connectivity index (χ4v) is 3.30. The van der Waals surface area contributed by atoms with Crippen LogP contribution in [0.5, 0.6) is 0 Å². The van der Waals surface area contributed by atoms with Gasteiger partial charge in [0.25, 0.3) is 0 Å². The first-order valence-electron chi connectivity index (χ1n) is 7.54. The van der Waals surface area contributed by atoms with E-state index in [4.69, 9.17) is 4.74 Å². The van der Waals surface area contributed by atoms with Gasteiger partial charge >= 0.3 is 6.03 Å². The van der Waals surface area contributed by atoms with Crippen molar-refractivity contribution < 1.29 is 9.53 Å². The molecule has 1 aromatic rings. The van der Waals surface area contributed by atoms with Crippen molar-refractivity contribution in [3.05, 3.63) is 29.8 Å². The van der Waals surface area contributed by atoms with Crippen molar-refractivity contribution in [3.8, 4) is 0 Å². The van der Waals surface area contributed by atoms with Crippen LogP contribution in [0.4, 0.5) is 10.5 Å². The van der Waals surface area contributed by atoms with Gasteiger partial charge in [-0.1, -0.05) is 43.9 Å². The lowest BCUT2D eigenvalue weighted by atomic mass is 10.1. The van der Waals surface area contributed by atoms with Gasteiger partial charge in [-0.2, -0.15) is 0 Å². The zero-order valence-corrected chi connectivity index (χ0v) is 14.7. The molecule has 2 amide bonds. The number of amides is 2. The van der Waals surface area contributed by atoms with Gasteiger partial charge in [0.15, 0.2) is 0 Å². The number of para-hydroxylation sites is 1. The second-order valence-electron chi connectivity index (χ2n) is 6.45. The zero-order chi connectivity index (χ0) is 15.7. The normalized spacial score (nSPS) is 11.2. The van der Waals surface area contributed by atoms with Crippen LogP contribution in [0.3, 0.4) is 0 Å². The van der Waals surface area contributed by atoms with Gasteiger partial charge in [-0.05, 0) is 24.5 Å². The molecule has 0 spiro atoms. The molecule has 0 aliphatic heterocycles. The molecule has 0 radical (unpaired) electrons. The van der Waals surface area contributed by atoms with E-state index < -0.39 is 8.07 Å². The molecule has 2 N–H and O–H groups in total. The van der Waals surface area contributed by atoms with E-state index in [1.165, 1.54) is 6.04 Å². The lowest BCUT2D eigenvalue weighted by Gasteiger charge is -2.16. The van der Waals surface area contributed by atoms with E-state index in [2.05, 4.69) is 30.3 Å². The Morgan fingerprint density at radius 1 is 1.24 bits per heavy atom. The van der Waals surface area contributed by atoms with Gasteiger partial charge in [0, 0.05) is 27.4 Å². The summed E-state index contributed by atoms with van der Waals surface area (Å²) in [6.45, 7) is 8.42. The number of urea groups is 1. The molecule has 0 bridgehead atoms. The first-order chi connectivity index (χ1) is 9.92. The van der Waals surface area contributed by atoms with Crippen LogP contribution in [0.2, 0.25) is 25.7 Å². The number of anilines is 1. The van der Waals surface area contributed by atoms with Crippen molar-refractivity contribution in [1.29, 1.82) is 0 Å². The summed E-state index contributed by atoms with van der Waals surface area (Å²) in [6, 6.07) is 8.94. The maximum Gasteiger partial charge on any atom is 0.319 e. The van der Waals surface area contributed by atoms with Gasteiger partial charge in [-0.3, -0.25) is 0 Å². The molecule has 4 nitrogen and oxygen atoms in total. The Balaban J connectivity index is 2.40. The highest BCUT2D eigenvalue weighted by molar-refractivity contribution is 6.76. The minimum absolute atomic E-state index is 0.129. The molecule has 0 saturated carbocycles. The average Bonchev–Trinajstić information content (AvgIpc) is 2.42. The molecule has 0 aliphatic carbocycles. The van der Waals surface area contributed by atoms with Crippen molar-refractivity contribution >= 4 is 19.8 Å². The van der Waals surface area contributed by atoms with Crippen LogP contribution in [0.25, 0.3) is 0 Å². The molecule has 0 unspecified atom stereocenters. The number of ether oxygens (including phenoxy) is 1. The quantitative estimate of drug-likeness (QED) is 0.568. The molecule has 0 fully saturated rings. The number of hydrogen-bond donors (Lipinski definition) is 2. The number of carbonyl (C=O) groups excluding carboxylic acids is 1. The summed E-state index contributed by atoms with van der Waals surface area (Å²) >= 11 is 0. The van der Waals surface area contributed by atoms with E-state index in [9.17, 15) is 4.79 Å². The number of carbonyl (C=O) groups is 1. The van der Waals surface area contributed by atoms with Crippen LogP contribution in [-0.4, -0.2) is 34.4 Å². The second kappa shape index (κ2) is 8.84. The number of benzene rings is 1. The predicted molar refractivity (Wildman–Crippen MR) is 91.8 cm³/mol. The molecule has 0 saturated heterocycles. The van der Waals surface area contributed by atoms with Crippen LogP contribution in [0.15, 0.2) is 24.3 Å². The zero-order valence-electron chi connectivity index (χ0n) is 13.7. The highest BCUT2D eigenvalue weighted by Gasteiger charge is 2.12. The minimum Gasteiger partial charge on any atom is -0.384 e. The third kappa shape index (κ3) is 7.87. The summed E-state index contributed by atoms with van der Waals surface area (Å²) in [5, 5.41) is 5.85. The van der Waals surface area contributed by atoms with E-state index in [1.807, 2.05) is 24.3 Å². The van der Waals surface area contributed by atoms with Crippen LogP contribution in [0.1, 0.15) is 12.0 Å². The molecule has 5 heteroatoms. The van der Waals surface area contributed by atoms with Crippen molar-refractivity contribution in [3.63, 3.8) is 0 Å². The third-order valence-corrected chi connectivity index (χ3v) is 5.08. The largest absolute Gasteiger partial charge is 0.384 e. The van der Waals surface area contributed by atoms with E-state index >= 15 is 0 Å². The minimum atomic E-state index is -1.01. The summed E-state index contributed by atoms with van der Waals surface area (Å²) in [5.74, 6) is 0. The Labute approximate surface area is 129 Å². The summed E-state index contributed by atoms with van der Waals surface area (Å²) < 4.78 is 5.09. The van der Waals surface area contributed by atoms with E-state index in [1.54, 1.807) is 7.11 Å². The molecule has 1 rings (SSSR count). The van der Waals surface area contributed by atoms with Crippen molar-refractivity contribution in [2.45, 2.75) is 38.5 Å². The summed E-state index contributed by atoms with van der Waals surface area (Å²) in [6.07, 6.45) is 1.84. The number of methoxy groups -OCH3 is 1. The summed E-state index contributed by atoms with van der Waals surface area (Å²) in [7, 11) is 0.669. The Kier molecular flexibility index (Phi) is 7.46. The van der Waals surface area contributed by atoms with Crippen LogP contribution >= 0.6 is 0 Å². The van der Waals surface area contributed by atoms with Crippen molar-refractivity contribution in [2.75, 3.05) is 25.6 Å². The molecule has 0 heterocycles. The Morgan fingerprint density at radius 3 is 2.62 bits per heavy atom. The van der Waals surface area contributed by atoms with Gasteiger partial charge in [-0.25, -0.2) is 4.79 Å². The maximum absolute atomic E-state index is 11.9. The molecule has 21 heavy (non-hydrogen) atoms. The van der Waals surface area contributed by atoms with Crippen LogP contribution < -0.4 is 10.6 Å². The Morgan fingerprint density at radius 2 is 1.95 bits per heavy atom. The van der Waals surface area contributed by atoms with Crippen molar-refractivity contribution in [2.24, 2.45) is 0 Å². The fourth-order valence-electron chi connectivity index (χ4n) is 2.06. The monoisotopic (exact) mass is 308 g/mol. The molecular weight excluding hydrogens is 280 g/mol. The lowest BCUT2D eigenvalue weighted by Crippen LogP contribution is -2.31. The topological polar surface area (TPSA) is 50.4 Å². The van der Waals surface area contributed by atoms with Gasteiger partial charge in [0.2, 0.25) is 0 Å². The summed E-state index contributed by atoms with van der Waals surface area (Å²) in [5.41, 5.74) is 1.95. The molecule has 0 aliphatic rings. The highest BCUT2D eigenvalue weighted by Crippen LogP contribution is 2.15.